The average molecular weight is 268 g/mol. The predicted molar refractivity (Wildman–Crippen MR) is 64.8 cm³/mol. The highest BCUT2D eigenvalue weighted by molar-refractivity contribution is 5.87. The average Bonchev–Trinajstić information content (AvgIpc) is 2.30. The molecule has 100 valence electrons. The Morgan fingerprint density at radius 3 is 2.37 bits per heavy atom. The minimum Gasteiger partial charge on any atom is -0.502 e. The van der Waals surface area contributed by atoms with Crippen molar-refractivity contribution in [3.05, 3.63) is 37.9 Å². The zero-order valence-electron chi connectivity index (χ0n) is 9.26. The molecule has 1 rings (SSSR count). The van der Waals surface area contributed by atoms with Gasteiger partial charge in [-0.2, -0.15) is 5.10 Å². The smallest absolute Gasteiger partial charge is 0.318 e. The Kier molecular flexibility index (Phi) is 3.93. The van der Waals surface area contributed by atoms with Gasteiger partial charge in [-0.3, -0.25) is 20.2 Å². The van der Waals surface area contributed by atoms with Crippen LogP contribution in [-0.2, 0) is 0 Å². The molecule has 0 spiro atoms. The first-order valence-corrected chi connectivity index (χ1v) is 4.60. The highest BCUT2D eigenvalue weighted by Gasteiger charge is 2.22. The second-order valence-electron chi connectivity index (χ2n) is 3.19. The molecule has 5 N–H and O–H groups in total. The number of nitrogens with zero attached hydrogens (tertiary/aromatic N) is 4. The highest BCUT2D eigenvalue weighted by atomic mass is 16.6. The van der Waals surface area contributed by atoms with E-state index in [-0.39, 0.29) is 11.5 Å². The van der Waals surface area contributed by atoms with Crippen LogP contribution in [0.1, 0.15) is 5.56 Å². The van der Waals surface area contributed by atoms with E-state index in [1.54, 1.807) is 0 Å². The highest BCUT2D eigenvalue weighted by Crippen LogP contribution is 2.33. The lowest BCUT2D eigenvalue weighted by Gasteiger charge is -2.00. The van der Waals surface area contributed by atoms with E-state index in [1.165, 1.54) is 0 Å². The van der Waals surface area contributed by atoms with Crippen molar-refractivity contribution in [3.8, 4) is 5.75 Å². The van der Waals surface area contributed by atoms with Crippen LogP contribution in [0.4, 0.5) is 11.4 Å². The van der Waals surface area contributed by atoms with Crippen LogP contribution >= 0.6 is 0 Å². The van der Waals surface area contributed by atoms with Crippen LogP contribution in [0.5, 0.6) is 5.75 Å². The molecule has 11 heteroatoms. The monoisotopic (exact) mass is 268 g/mol. The number of rotatable bonds is 4. The first-order chi connectivity index (χ1) is 8.82. The van der Waals surface area contributed by atoms with Gasteiger partial charge in [0.1, 0.15) is 0 Å². The van der Waals surface area contributed by atoms with E-state index >= 15 is 0 Å². The molecule has 0 atom stereocenters. The second-order valence-corrected chi connectivity index (χ2v) is 3.19. The Labute approximate surface area is 105 Å². The van der Waals surface area contributed by atoms with Crippen molar-refractivity contribution in [1.29, 1.82) is 0 Å². The maximum absolute atomic E-state index is 10.6. The van der Waals surface area contributed by atoms with Gasteiger partial charge in [0.05, 0.1) is 27.7 Å². The number of phenolic OH excluding ortho intramolecular Hbond substituents is 1. The van der Waals surface area contributed by atoms with Gasteiger partial charge in [0.2, 0.25) is 11.7 Å². The van der Waals surface area contributed by atoms with Gasteiger partial charge in [-0.05, 0) is 0 Å². The molecule has 0 saturated heterocycles. The first-order valence-electron chi connectivity index (χ1n) is 4.60. The van der Waals surface area contributed by atoms with Gasteiger partial charge in [-0.15, -0.1) is 5.10 Å². The molecule has 0 aliphatic heterocycles. The van der Waals surface area contributed by atoms with Crippen LogP contribution in [-0.4, -0.2) is 27.1 Å². The lowest BCUT2D eigenvalue weighted by molar-refractivity contribution is -0.394. The SMILES string of the molecule is NC(N)=NN=Cc1cc([N+](=O)[O-])cc([N+](=O)[O-])c1O. The minimum atomic E-state index is -0.958. The van der Waals surface area contributed by atoms with Gasteiger partial charge in [0.25, 0.3) is 5.69 Å². The first kappa shape index (κ1) is 13.8. The summed E-state index contributed by atoms with van der Waals surface area (Å²) in [4.78, 5) is 19.5. The van der Waals surface area contributed by atoms with Gasteiger partial charge >= 0.3 is 5.69 Å². The summed E-state index contributed by atoms with van der Waals surface area (Å²) in [5.41, 5.74) is 8.32. The summed E-state index contributed by atoms with van der Waals surface area (Å²) in [6, 6.07) is 1.53. The molecule has 0 aliphatic carbocycles. The third kappa shape index (κ3) is 3.36. The Morgan fingerprint density at radius 1 is 1.26 bits per heavy atom. The molecule has 1 aromatic rings. The summed E-state index contributed by atoms with van der Waals surface area (Å²) in [7, 11) is 0. The van der Waals surface area contributed by atoms with Gasteiger partial charge in [0, 0.05) is 6.07 Å². The third-order valence-corrected chi connectivity index (χ3v) is 1.88. The van der Waals surface area contributed by atoms with Crippen LogP contribution in [0.3, 0.4) is 0 Å². The number of nitro benzene ring substituents is 2. The van der Waals surface area contributed by atoms with Gasteiger partial charge in [-0.1, -0.05) is 0 Å². The van der Waals surface area contributed by atoms with Crippen molar-refractivity contribution in [3.63, 3.8) is 0 Å². The van der Waals surface area contributed by atoms with Gasteiger partial charge in [0.15, 0.2) is 0 Å². The topological polar surface area (TPSA) is 183 Å². The van der Waals surface area contributed by atoms with Crippen molar-refractivity contribution < 1.29 is 15.0 Å². The van der Waals surface area contributed by atoms with Crippen LogP contribution < -0.4 is 11.5 Å². The van der Waals surface area contributed by atoms with Gasteiger partial charge < -0.3 is 16.6 Å². The summed E-state index contributed by atoms with van der Waals surface area (Å²) in [6.07, 6.45) is 0.856. The zero-order chi connectivity index (χ0) is 14.6. The largest absolute Gasteiger partial charge is 0.502 e. The van der Waals surface area contributed by atoms with Crippen molar-refractivity contribution in [2.24, 2.45) is 21.7 Å². The summed E-state index contributed by atoms with van der Waals surface area (Å²) in [5, 5.41) is 37.3. The maximum Gasteiger partial charge on any atom is 0.318 e. The molecule has 1 aromatic carbocycles. The molecule has 0 unspecified atom stereocenters. The molecule has 0 fully saturated rings. The number of aromatic hydroxyl groups is 1. The number of nitro groups is 2. The van der Waals surface area contributed by atoms with Crippen molar-refractivity contribution in [2.75, 3.05) is 0 Å². The summed E-state index contributed by atoms with van der Waals surface area (Å²) >= 11 is 0. The molecule has 0 aliphatic rings. The van der Waals surface area contributed by atoms with E-state index in [1.807, 2.05) is 0 Å². The van der Waals surface area contributed by atoms with E-state index in [9.17, 15) is 25.3 Å². The Balaban J connectivity index is 3.37. The number of benzene rings is 1. The number of phenols is 1. The summed E-state index contributed by atoms with van der Waals surface area (Å²) in [5.74, 6) is -1.15. The van der Waals surface area contributed by atoms with E-state index < -0.39 is 27.0 Å². The number of nitrogens with two attached hydrogens (primary N) is 2. The molecule has 0 aromatic heterocycles. The molecule has 0 saturated carbocycles. The molecule has 0 amide bonds. The van der Waals surface area contributed by atoms with Crippen molar-refractivity contribution >= 4 is 23.5 Å². The Hall–Kier alpha value is -3.24. The van der Waals surface area contributed by atoms with Crippen molar-refractivity contribution in [2.45, 2.75) is 0 Å². The normalized spacial score (nSPS) is 10.3. The zero-order valence-corrected chi connectivity index (χ0v) is 9.26. The minimum absolute atomic E-state index is 0.258. The standard InChI is InChI=1S/C8H8N6O5/c9-8(10)12-11-3-4-1-5(13(16)17)2-6(7(4)15)14(18)19/h1-3,15H,(H4,9,10,12). The lowest BCUT2D eigenvalue weighted by atomic mass is 10.1. The summed E-state index contributed by atoms with van der Waals surface area (Å²) < 4.78 is 0. The number of guanidine groups is 1. The Bertz CT molecular complexity index is 592. The fraction of sp³-hybridized carbons (Fsp3) is 0. The van der Waals surface area contributed by atoms with E-state index in [2.05, 4.69) is 10.2 Å². The Morgan fingerprint density at radius 2 is 1.89 bits per heavy atom. The van der Waals surface area contributed by atoms with E-state index in [0.29, 0.717) is 6.07 Å². The number of non-ortho nitro benzene ring substituents is 1. The molecule has 0 bridgehead atoms. The van der Waals surface area contributed by atoms with Crippen LogP contribution in [0, 0.1) is 20.2 Å². The van der Waals surface area contributed by atoms with Crippen LogP contribution in [0.15, 0.2) is 22.3 Å². The number of hydrogen-bond acceptors (Lipinski definition) is 7. The molecular weight excluding hydrogens is 260 g/mol. The fourth-order valence-corrected chi connectivity index (χ4v) is 1.13. The van der Waals surface area contributed by atoms with E-state index in [4.69, 9.17) is 11.5 Å². The molecule has 0 heterocycles. The fourth-order valence-electron chi connectivity index (χ4n) is 1.13. The van der Waals surface area contributed by atoms with E-state index in [0.717, 1.165) is 12.3 Å². The maximum atomic E-state index is 10.6. The summed E-state index contributed by atoms with van der Waals surface area (Å²) in [6.45, 7) is 0. The van der Waals surface area contributed by atoms with Crippen LogP contribution in [0.2, 0.25) is 0 Å². The third-order valence-electron chi connectivity index (χ3n) is 1.88. The molecule has 0 radical (unpaired) electrons. The second kappa shape index (κ2) is 5.39. The predicted octanol–water partition coefficient (Wildman–Crippen LogP) is -0.184. The molecule has 11 nitrogen and oxygen atoms in total. The van der Waals surface area contributed by atoms with Crippen LogP contribution in [0.25, 0.3) is 0 Å². The lowest BCUT2D eigenvalue weighted by Crippen LogP contribution is -2.21. The molecular formula is C8H8N6O5. The number of hydrogen-bond donors (Lipinski definition) is 3. The molecule has 19 heavy (non-hydrogen) atoms. The quantitative estimate of drug-likeness (QED) is 0.292. The van der Waals surface area contributed by atoms with Crippen molar-refractivity contribution in [1.82, 2.24) is 0 Å². The van der Waals surface area contributed by atoms with Gasteiger partial charge in [-0.25, -0.2) is 0 Å².